The van der Waals surface area contributed by atoms with Crippen LogP contribution in [0.4, 0.5) is 0 Å². The zero-order valence-corrected chi connectivity index (χ0v) is 10.7. The summed E-state index contributed by atoms with van der Waals surface area (Å²) in [7, 11) is 0. The predicted molar refractivity (Wildman–Crippen MR) is 75.5 cm³/mol. The highest BCUT2D eigenvalue weighted by Gasteiger charge is 2.12. The van der Waals surface area contributed by atoms with Gasteiger partial charge < -0.3 is 5.32 Å². The first-order chi connectivity index (χ1) is 8.92. The van der Waals surface area contributed by atoms with Crippen molar-refractivity contribution in [2.45, 2.75) is 44.7 Å². The van der Waals surface area contributed by atoms with Crippen molar-refractivity contribution in [2.75, 3.05) is 0 Å². The van der Waals surface area contributed by atoms with Crippen LogP contribution in [0.15, 0.2) is 36.7 Å². The molecule has 2 heteroatoms. The van der Waals surface area contributed by atoms with Crippen LogP contribution in [-0.2, 0) is 6.54 Å². The van der Waals surface area contributed by atoms with Gasteiger partial charge in [0.25, 0.3) is 0 Å². The zero-order valence-electron chi connectivity index (χ0n) is 10.7. The summed E-state index contributed by atoms with van der Waals surface area (Å²) in [4.78, 5) is 4.15. The minimum Gasteiger partial charge on any atom is -0.310 e. The molecule has 1 aromatic carbocycles. The normalized spacial score (nSPS) is 17.1. The number of hydrogen-bond acceptors (Lipinski definition) is 2. The largest absolute Gasteiger partial charge is 0.310 e. The van der Waals surface area contributed by atoms with Crippen LogP contribution >= 0.6 is 0 Å². The lowest BCUT2D eigenvalue weighted by molar-refractivity contribution is 0.372. The highest BCUT2D eigenvalue weighted by molar-refractivity contribution is 5.81. The second kappa shape index (κ2) is 5.49. The van der Waals surface area contributed by atoms with Crippen LogP contribution in [0.1, 0.15) is 37.7 Å². The van der Waals surface area contributed by atoms with Gasteiger partial charge in [0.05, 0.1) is 0 Å². The number of benzene rings is 1. The van der Waals surface area contributed by atoms with Gasteiger partial charge in [-0.3, -0.25) is 4.98 Å². The van der Waals surface area contributed by atoms with Crippen LogP contribution in [0.25, 0.3) is 10.8 Å². The van der Waals surface area contributed by atoms with Crippen molar-refractivity contribution >= 4 is 10.8 Å². The van der Waals surface area contributed by atoms with Crippen LogP contribution < -0.4 is 5.32 Å². The Morgan fingerprint density at radius 1 is 1.06 bits per heavy atom. The van der Waals surface area contributed by atoms with Gasteiger partial charge >= 0.3 is 0 Å². The number of aromatic nitrogens is 1. The number of fused-ring (bicyclic) bond motifs is 1. The SMILES string of the molecule is c1cc2cc(CNC3CCCCC3)ccc2cn1. The van der Waals surface area contributed by atoms with E-state index in [1.54, 1.807) is 0 Å². The summed E-state index contributed by atoms with van der Waals surface area (Å²) in [6.07, 6.45) is 10.7. The molecule has 0 spiro atoms. The van der Waals surface area contributed by atoms with E-state index < -0.39 is 0 Å². The Balaban J connectivity index is 1.66. The van der Waals surface area contributed by atoms with E-state index in [1.165, 1.54) is 48.4 Å². The van der Waals surface area contributed by atoms with E-state index in [1.807, 2.05) is 12.4 Å². The Hall–Kier alpha value is -1.41. The highest BCUT2D eigenvalue weighted by atomic mass is 14.9. The molecule has 0 saturated heterocycles. The highest BCUT2D eigenvalue weighted by Crippen LogP contribution is 2.19. The smallest absolute Gasteiger partial charge is 0.0346 e. The zero-order chi connectivity index (χ0) is 12.2. The molecule has 2 aromatic rings. The molecule has 0 bridgehead atoms. The molecule has 0 aliphatic heterocycles. The standard InChI is InChI=1S/C16H20N2/c1-2-4-16(5-3-1)18-11-13-6-7-15-12-17-9-8-14(15)10-13/h6-10,12,16,18H,1-5,11H2. The van der Waals surface area contributed by atoms with Crippen LogP contribution in [0.3, 0.4) is 0 Å². The van der Waals surface area contributed by atoms with E-state index in [-0.39, 0.29) is 0 Å². The molecule has 1 N–H and O–H groups in total. The van der Waals surface area contributed by atoms with Crippen LogP contribution in [0.5, 0.6) is 0 Å². The lowest BCUT2D eigenvalue weighted by Crippen LogP contribution is -2.30. The van der Waals surface area contributed by atoms with Crippen molar-refractivity contribution < 1.29 is 0 Å². The third-order valence-corrected chi connectivity index (χ3v) is 3.91. The van der Waals surface area contributed by atoms with E-state index in [4.69, 9.17) is 0 Å². The molecule has 1 fully saturated rings. The van der Waals surface area contributed by atoms with E-state index in [2.05, 4.69) is 34.6 Å². The maximum absolute atomic E-state index is 4.15. The van der Waals surface area contributed by atoms with Gasteiger partial charge in [-0.15, -0.1) is 0 Å². The van der Waals surface area contributed by atoms with Crippen molar-refractivity contribution in [3.63, 3.8) is 0 Å². The lowest BCUT2D eigenvalue weighted by atomic mass is 9.95. The summed E-state index contributed by atoms with van der Waals surface area (Å²) < 4.78 is 0. The fourth-order valence-corrected chi connectivity index (χ4v) is 2.81. The lowest BCUT2D eigenvalue weighted by Gasteiger charge is -2.22. The van der Waals surface area contributed by atoms with Gasteiger partial charge in [0.1, 0.15) is 0 Å². The van der Waals surface area contributed by atoms with Gasteiger partial charge in [0.2, 0.25) is 0 Å². The molecule has 0 unspecified atom stereocenters. The first kappa shape index (κ1) is 11.7. The average Bonchev–Trinajstić information content (AvgIpc) is 2.46. The van der Waals surface area contributed by atoms with Gasteiger partial charge in [-0.1, -0.05) is 31.4 Å². The Labute approximate surface area is 108 Å². The fraction of sp³-hybridized carbons (Fsp3) is 0.438. The minimum absolute atomic E-state index is 0.729. The first-order valence-electron chi connectivity index (χ1n) is 6.98. The average molecular weight is 240 g/mol. The van der Waals surface area contributed by atoms with E-state index in [9.17, 15) is 0 Å². The molecule has 0 atom stereocenters. The Kier molecular flexibility index (Phi) is 3.56. The number of pyridine rings is 1. The molecule has 18 heavy (non-hydrogen) atoms. The van der Waals surface area contributed by atoms with Gasteiger partial charge in [-0.25, -0.2) is 0 Å². The molecule has 1 heterocycles. The summed E-state index contributed by atoms with van der Waals surface area (Å²) in [6, 6.07) is 9.46. The van der Waals surface area contributed by atoms with Gasteiger partial charge in [0, 0.05) is 30.4 Å². The van der Waals surface area contributed by atoms with E-state index >= 15 is 0 Å². The summed E-state index contributed by atoms with van der Waals surface area (Å²) in [6.45, 7) is 0.989. The van der Waals surface area contributed by atoms with Crippen LogP contribution in [0.2, 0.25) is 0 Å². The second-order valence-electron chi connectivity index (χ2n) is 5.27. The van der Waals surface area contributed by atoms with Gasteiger partial charge in [0.15, 0.2) is 0 Å². The topological polar surface area (TPSA) is 24.9 Å². The third-order valence-electron chi connectivity index (χ3n) is 3.91. The number of nitrogens with zero attached hydrogens (tertiary/aromatic N) is 1. The van der Waals surface area contributed by atoms with Crippen LogP contribution in [-0.4, -0.2) is 11.0 Å². The summed E-state index contributed by atoms with van der Waals surface area (Å²) in [5, 5.41) is 6.19. The van der Waals surface area contributed by atoms with Gasteiger partial charge in [-0.2, -0.15) is 0 Å². The molecule has 0 amide bonds. The number of rotatable bonds is 3. The molecule has 1 aliphatic carbocycles. The minimum atomic E-state index is 0.729. The summed E-state index contributed by atoms with van der Waals surface area (Å²) in [5.74, 6) is 0. The molecule has 3 rings (SSSR count). The summed E-state index contributed by atoms with van der Waals surface area (Å²) >= 11 is 0. The molecule has 1 aliphatic rings. The first-order valence-corrected chi connectivity index (χ1v) is 6.98. The van der Waals surface area contributed by atoms with Crippen molar-refractivity contribution in [3.05, 3.63) is 42.2 Å². The molecule has 94 valence electrons. The fourth-order valence-electron chi connectivity index (χ4n) is 2.81. The van der Waals surface area contributed by atoms with Crippen molar-refractivity contribution in [3.8, 4) is 0 Å². The summed E-state index contributed by atoms with van der Waals surface area (Å²) in [5.41, 5.74) is 1.37. The Bertz CT molecular complexity index is 515. The predicted octanol–water partition coefficient (Wildman–Crippen LogP) is 3.66. The molecular weight excluding hydrogens is 220 g/mol. The number of hydrogen-bond donors (Lipinski definition) is 1. The maximum Gasteiger partial charge on any atom is 0.0346 e. The second-order valence-corrected chi connectivity index (χ2v) is 5.27. The van der Waals surface area contributed by atoms with Crippen LogP contribution in [0, 0.1) is 0 Å². The Morgan fingerprint density at radius 2 is 1.94 bits per heavy atom. The van der Waals surface area contributed by atoms with Crippen molar-refractivity contribution in [1.29, 1.82) is 0 Å². The maximum atomic E-state index is 4.15. The van der Waals surface area contributed by atoms with Crippen molar-refractivity contribution in [1.82, 2.24) is 10.3 Å². The molecular formula is C16H20N2. The molecule has 0 radical (unpaired) electrons. The monoisotopic (exact) mass is 240 g/mol. The van der Waals surface area contributed by atoms with Crippen molar-refractivity contribution in [2.24, 2.45) is 0 Å². The van der Waals surface area contributed by atoms with Gasteiger partial charge in [-0.05, 0) is 35.9 Å². The van der Waals surface area contributed by atoms with E-state index in [0.717, 1.165) is 12.6 Å². The molecule has 1 saturated carbocycles. The van der Waals surface area contributed by atoms with E-state index in [0.29, 0.717) is 0 Å². The molecule has 1 aromatic heterocycles. The molecule has 2 nitrogen and oxygen atoms in total. The Morgan fingerprint density at radius 3 is 2.83 bits per heavy atom. The third kappa shape index (κ3) is 2.70. The quantitative estimate of drug-likeness (QED) is 0.885. The number of nitrogens with one attached hydrogen (secondary N) is 1.